The zero-order valence-electron chi connectivity index (χ0n) is 20.1. The molecule has 2 radical (unpaired) electrons. The number of alkyl halides is 1. The monoisotopic (exact) mass is 468 g/mol. The summed E-state index contributed by atoms with van der Waals surface area (Å²) in [7, 11) is 4.44. The molecule has 0 aromatic heterocycles. The summed E-state index contributed by atoms with van der Waals surface area (Å²) >= 11 is 0. The van der Waals surface area contributed by atoms with Crippen LogP contribution in [0.1, 0.15) is 27.7 Å². The average Bonchev–Trinajstić information content (AvgIpc) is 3.04. The minimum absolute atomic E-state index is 0.155. The van der Waals surface area contributed by atoms with Gasteiger partial charge in [-0.05, 0) is 27.9 Å². The van der Waals surface area contributed by atoms with Crippen LogP contribution in [0.2, 0.25) is 5.04 Å². The largest absolute Gasteiger partial charge is 0.404 e. The topological polar surface area (TPSA) is 47.9 Å². The third-order valence-corrected chi connectivity index (χ3v) is 11.5. The molecule has 0 aliphatic carbocycles. The third-order valence-electron chi connectivity index (χ3n) is 6.53. The summed E-state index contributed by atoms with van der Waals surface area (Å²) in [5.41, 5.74) is -1.38. The van der Waals surface area contributed by atoms with E-state index in [0.29, 0.717) is 0 Å². The van der Waals surface area contributed by atoms with Gasteiger partial charge in [0.1, 0.15) is 20.1 Å². The lowest BCUT2D eigenvalue weighted by molar-refractivity contribution is -0.139. The molecule has 0 saturated carbocycles. The molecule has 1 unspecified atom stereocenters. The Morgan fingerprint density at radius 3 is 2.03 bits per heavy atom. The first-order valence-electron chi connectivity index (χ1n) is 11.2. The van der Waals surface area contributed by atoms with Gasteiger partial charge >= 0.3 is 0 Å². The van der Waals surface area contributed by atoms with Crippen LogP contribution in [-0.2, 0) is 13.9 Å². The van der Waals surface area contributed by atoms with Crippen LogP contribution >= 0.6 is 0 Å². The first kappa shape index (κ1) is 25.8. The second-order valence-corrected chi connectivity index (χ2v) is 14.2. The van der Waals surface area contributed by atoms with Gasteiger partial charge in [0.2, 0.25) is 0 Å². The summed E-state index contributed by atoms with van der Waals surface area (Å²) in [5, 5.41) is 12.4. The quantitative estimate of drug-likeness (QED) is 0.478. The van der Waals surface area contributed by atoms with Crippen LogP contribution in [0.25, 0.3) is 0 Å². The maximum absolute atomic E-state index is 15.8. The smallest absolute Gasteiger partial charge is 0.261 e. The van der Waals surface area contributed by atoms with Gasteiger partial charge in [0.05, 0.1) is 6.61 Å². The van der Waals surface area contributed by atoms with Gasteiger partial charge in [-0.1, -0.05) is 88.0 Å². The van der Waals surface area contributed by atoms with E-state index in [4.69, 9.17) is 21.7 Å². The molecular formula is C26H34BFO4Si. The van der Waals surface area contributed by atoms with E-state index in [9.17, 15) is 5.11 Å². The van der Waals surface area contributed by atoms with Gasteiger partial charge in [0, 0.05) is 13.1 Å². The zero-order valence-corrected chi connectivity index (χ0v) is 21.1. The Hall–Kier alpha value is -1.77. The fraction of sp³-hybridized carbons (Fsp3) is 0.462. The van der Waals surface area contributed by atoms with E-state index >= 15 is 4.39 Å². The Morgan fingerprint density at radius 2 is 1.64 bits per heavy atom. The number of ether oxygens (including phenoxy) is 2. The van der Waals surface area contributed by atoms with Gasteiger partial charge in [-0.3, -0.25) is 0 Å². The van der Waals surface area contributed by atoms with E-state index in [-0.39, 0.29) is 17.2 Å². The van der Waals surface area contributed by atoms with E-state index in [0.717, 1.165) is 10.4 Å². The van der Waals surface area contributed by atoms with Crippen molar-refractivity contribution in [2.75, 3.05) is 13.7 Å². The summed E-state index contributed by atoms with van der Waals surface area (Å²) in [5.74, 6) is 0. The molecule has 0 spiro atoms. The molecule has 5 atom stereocenters. The molecule has 1 heterocycles. The summed E-state index contributed by atoms with van der Waals surface area (Å²) in [4.78, 5) is 0. The number of benzene rings is 2. The number of aliphatic hydroxyl groups excluding tert-OH is 1. The second-order valence-electron chi connectivity index (χ2n) is 9.85. The Morgan fingerprint density at radius 1 is 1.15 bits per heavy atom. The van der Waals surface area contributed by atoms with Crippen LogP contribution in [0.5, 0.6) is 0 Å². The first-order valence-corrected chi connectivity index (χ1v) is 13.1. The molecule has 2 aromatic rings. The van der Waals surface area contributed by atoms with Crippen molar-refractivity contribution >= 4 is 26.5 Å². The molecule has 1 fully saturated rings. The van der Waals surface area contributed by atoms with Crippen molar-refractivity contribution in [1.29, 1.82) is 0 Å². The van der Waals surface area contributed by atoms with Gasteiger partial charge in [0.25, 0.3) is 8.32 Å². The predicted molar refractivity (Wildman–Crippen MR) is 133 cm³/mol. The third kappa shape index (κ3) is 4.49. The number of halogens is 1. The minimum Gasteiger partial charge on any atom is -0.404 e. The van der Waals surface area contributed by atoms with Gasteiger partial charge < -0.3 is 19.0 Å². The SMILES string of the molecule is [B][C@@H]1O[C@@](CO[Si](c2ccccc2)(c2ccccc2)C(C)(C)C)(C(F)C(=C)C)[C@@H](OC)[C@H]1O. The van der Waals surface area contributed by atoms with E-state index < -0.39 is 38.3 Å². The number of methoxy groups -OCH3 is 1. The van der Waals surface area contributed by atoms with Crippen LogP contribution in [-0.4, -0.2) is 65.0 Å². The van der Waals surface area contributed by atoms with Gasteiger partial charge in [-0.2, -0.15) is 0 Å². The highest BCUT2D eigenvalue weighted by Gasteiger charge is 2.61. The average molecular weight is 468 g/mol. The van der Waals surface area contributed by atoms with Crippen molar-refractivity contribution in [3.63, 3.8) is 0 Å². The van der Waals surface area contributed by atoms with Crippen LogP contribution in [0.3, 0.4) is 0 Å². The molecule has 4 nitrogen and oxygen atoms in total. The fourth-order valence-corrected chi connectivity index (χ4v) is 9.58. The molecular weight excluding hydrogens is 434 g/mol. The fourth-order valence-electron chi connectivity index (χ4n) is 4.98. The Kier molecular flexibility index (Phi) is 7.71. The number of aliphatic hydroxyl groups is 1. The first-order chi connectivity index (χ1) is 15.5. The summed E-state index contributed by atoms with van der Waals surface area (Å²) < 4.78 is 34.2. The summed E-state index contributed by atoms with van der Waals surface area (Å²) in [6.45, 7) is 11.6. The Balaban J connectivity index is 2.18. The molecule has 2 aromatic carbocycles. The van der Waals surface area contributed by atoms with E-state index in [2.05, 4.69) is 51.6 Å². The van der Waals surface area contributed by atoms with Crippen molar-refractivity contribution in [3.8, 4) is 0 Å². The van der Waals surface area contributed by atoms with E-state index in [1.165, 1.54) is 7.11 Å². The molecule has 7 heteroatoms. The molecule has 1 aliphatic heterocycles. The summed E-state index contributed by atoms with van der Waals surface area (Å²) in [6.07, 6.45) is -3.86. The lowest BCUT2D eigenvalue weighted by atomic mass is 9.85. The van der Waals surface area contributed by atoms with Gasteiger partial charge in [0.15, 0.2) is 11.8 Å². The summed E-state index contributed by atoms with van der Waals surface area (Å²) in [6, 6.07) is 19.0. The highest BCUT2D eigenvalue weighted by molar-refractivity contribution is 6.99. The zero-order chi connectivity index (χ0) is 24.4. The van der Waals surface area contributed by atoms with Crippen molar-refractivity contribution in [1.82, 2.24) is 0 Å². The minimum atomic E-state index is -2.99. The molecule has 33 heavy (non-hydrogen) atoms. The molecule has 176 valence electrons. The number of hydrogen-bond donors (Lipinski definition) is 1. The lowest BCUT2D eigenvalue weighted by Gasteiger charge is -2.46. The van der Waals surface area contributed by atoms with Crippen LogP contribution in [0.15, 0.2) is 72.8 Å². The van der Waals surface area contributed by atoms with Crippen LogP contribution in [0.4, 0.5) is 4.39 Å². The van der Waals surface area contributed by atoms with Crippen molar-refractivity contribution < 1.29 is 23.4 Å². The molecule has 0 amide bonds. The van der Waals surface area contributed by atoms with Gasteiger partial charge in [-0.15, -0.1) is 0 Å². The highest BCUT2D eigenvalue weighted by Crippen LogP contribution is 2.42. The van der Waals surface area contributed by atoms with Crippen molar-refractivity contribution in [3.05, 3.63) is 72.8 Å². The molecule has 1 N–H and O–H groups in total. The maximum Gasteiger partial charge on any atom is 0.261 e. The molecule has 1 saturated heterocycles. The Labute approximate surface area is 199 Å². The van der Waals surface area contributed by atoms with E-state index in [1.54, 1.807) is 6.92 Å². The number of rotatable bonds is 8. The molecule has 0 bridgehead atoms. The van der Waals surface area contributed by atoms with Crippen LogP contribution in [0, 0.1) is 0 Å². The normalized spacial score (nSPS) is 26.8. The van der Waals surface area contributed by atoms with Crippen molar-refractivity contribution in [2.45, 2.75) is 62.7 Å². The van der Waals surface area contributed by atoms with Crippen LogP contribution < -0.4 is 10.4 Å². The van der Waals surface area contributed by atoms with E-state index in [1.807, 2.05) is 36.4 Å². The predicted octanol–water partition coefficient (Wildman–Crippen LogP) is 3.12. The highest BCUT2D eigenvalue weighted by atomic mass is 28.4. The molecule has 1 aliphatic rings. The maximum atomic E-state index is 15.8. The second kappa shape index (κ2) is 9.84. The van der Waals surface area contributed by atoms with Gasteiger partial charge in [-0.25, -0.2) is 4.39 Å². The lowest BCUT2D eigenvalue weighted by Crippen LogP contribution is -2.69. The standard InChI is InChI=1S/C26H34BFO4Si/c1-18(2)22(28)26(23(30-6)21(29)24(27)32-26)17-31-33(25(3,4)5,19-13-9-7-10-14-19)20-15-11-8-12-16-20/h7-16,21-24,29H,1,17H2,2-6H3/t21-,22?,23+,24-,26+/m1/s1. The number of hydrogen-bond acceptors (Lipinski definition) is 4. The van der Waals surface area contributed by atoms with Crippen molar-refractivity contribution in [2.24, 2.45) is 0 Å². The Bertz CT molecular complexity index is 897. The molecule has 3 rings (SSSR count).